The molecule has 4 nitrogen and oxygen atoms in total. The number of ketones is 2. The van der Waals surface area contributed by atoms with Crippen molar-refractivity contribution in [3.63, 3.8) is 0 Å². The van der Waals surface area contributed by atoms with E-state index >= 15 is 0 Å². The monoisotopic (exact) mass is 324 g/mol. The normalized spacial score (nSPS) is 10.9. The zero-order chi connectivity index (χ0) is 17.3. The van der Waals surface area contributed by atoms with E-state index in [0.29, 0.717) is 19.3 Å². The van der Waals surface area contributed by atoms with Crippen molar-refractivity contribution >= 4 is 17.5 Å². The highest BCUT2D eigenvalue weighted by molar-refractivity contribution is 6.37. The molecule has 0 rings (SSSR count). The number of carbonyl (C=O) groups excluding carboxylic acids is 3. The van der Waals surface area contributed by atoms with Gasteiger partial charge >= 0.3 is 5.97 Å². The Morgan fingerprint density at radius 1 is 0.739 bits per heavy atom. The number of hydrogen-bond acceptors (Lipinski definition) is 4. The van der Waals surface area contributed by atoms with Crippen LogP contribution in [0.1, 0.15) is 84.0 Å². The van der Waals surface area contributed by atoms with E-state index in [1.165, 1.54) is 7.11 Å². The SMILES string of the molecule is CCC=CCCCCC(=O)C(=O)CCCCCCCC(=O)OC. The van der Waals surface area contributed by atoms with Crippen molar-refractivity contribution in [1.82, 2.24) is 0 Å². The molecule has 0 bridgehead atoms. The van der Waals surface area contributed by atoms with Crippen molar-refractivity contribution in [1.29, 1.82) is 0 Å². The Bertz CT molecular complexity index is 372. The lowest BCUT2D eigenvalue weighted by Crippen LogP contribution is -2.13. The summed E-state index contributed by atoms with van der Waals surface area (Å²) in [6, 6.07) is 0. The molecule has 0 saturated carbocycles. The standard InChI is InChI=1S/C19H32O4/c1-3-4-5-6-8-11-14-17(20)18(21)15-12-9-7-10-13-16-19(22)23-2/h4-5H,3,6-16H2,1-2H3. The van der Waals surface area contributed by atoms with Gasteiger partial charge in [-0.3, -0.25) is 14.4 Å². The lowest BCUT2D eigenvalue weighted by atomic mass is 10.0. The third kappa shape index (κ3) is 13.9. The van der Waals surface area contributed by atoms with Gasteiger partial charge in [0.1, 0.15) is 0 Å². The van der Waals surface area contributed by atoms with Gasteiger partial charge in [0.15, 0.2) is 11.6 Å². The van der Waals surface area contributed by atoms with Gasteiger partial charge in [-0.05, 0) is 38.5 Å². The first kappa shape index (κ1) is 21.6. The molecule has 23 heavy (non-hydrogen) atoms. The number of ether oxygens (including phenoxy) is 1. The Balaban J connectivity index is 3.49. The lowest BCUT2D eigenvalue weighted by Gasteiger charge is -2.02. The Labute approximate surface area is 140 Å². The molecule has 0 radical (unpaired) electrons. The van der Waals surface area contributed by atoms with E-state index in [1.54, 1.807) is 0 Å². The molecule has 0 saturated heterocycles. The second kappa shape index (κ2) is 15.4. The second-order valence-corrected chi connectivity index (χ2v) is 5.82. The molecule has 0 aliphatic rings. The van der Waals surface area contributed by atoms with Gasteiger partial charge in [0.05, 0.1) is 7.11 Å². The van der Waals surface area contributed by atoms with E-state index < -0.39 is 0 Å². The molecule has 0 aromatic heterocycles. The number of esters is 1. The first-order valence-electron chi connectivity index (χ1n) is 8.89. The first-order chi connectivity index (χ1) is 11.1. The summed E-state index contributed by atoms with van der Waals surface area (Å²) < 4.78 is 4.57. The second-order valence-electron chi connectivity index (χ2n) is 5.82. The van der Waals surface area contributed by atoms with E-state index in [-0.39, 0.29) is 17.5 Å². The Morgan fingerprint density at radius 3 is 1.83 bits per heavy atom. The summed E-state index contributed by atoms with van der Waals surface area (Å²) in [5.74, 6) is -0.602. The molecule has 0 aliphatic carbocycles. The molecule has 0 heterocycles. The summed E-state index contributed by atoms with van der Waals surface area (Å²) >= 11 is 0. The molecule has 0 atom stereocenters. The third-order valence-electron chi connectivity index (χ3n) is 3.75. The minimum Gasteiger partial charge on any atom is -0.469 e. The molecule has 0 aliphatic heterocycles. The van der Waals surface area contributed by atoms with E-state index in [1.807, 2.05) is 0 Å². The number of hydrogen-bond donors (Lipinski definition) is 0. The van der Waals surface area contributed by atoms with Gasteiger partial charge in [-0.1, -0.05) is 38.3 Å². The van der Waals surface area contributed by atoms with Crippen LogP contribution in [-0.2, 0) is 19.1 Å². The van der Waals surface area contributed by atoms with E-state index in [9.17, 15) is 14.4 Å². The molecular weight excluding hydrogens is 292 g/mol. The maximum atomic E-state index is 11.7. The van der Waals surface area contributed by atoms with Crippen molar-refractivity contribution in [3.05, 3.63) is 12.2 Å². The molecule has 132 valence electrons. The number of Topliss-reactive ketones (excluding diaryl/α,β-unsaturated/α-hetero) is 2. The zero-order valence-corrected chi connectivity index (χ0v) is 14.8. The summed E-state index contributed by atoms with van der Waals surface area (Å²) in [6.07, 6.45) is 13.7. The first-order valence-corrected chi connectivity index (χ1v) is 8.89. The average Bonchev–Trinajstić information content (AvgIpc) is 2.56. The summed E-state index contributed by atoms with van der Waals surface area (Å²) in [5.41, 5.74) is 0. The molecule has 4 heteroatoms. The molecule has 0 aromatic rings. The minimum atomic E-state index is -0.219. The highest BCUT2D eigenvalue weighted by Crippen LogP contribution is 2.09. The number of methoxy groups -OCH3 is 1. The topological polar surface area (TPSA) is 60.4 Å². The fraction of sp³-hybridized carbons (Fsp3) is 0.737. The van der Waals surface area contributed by atoms with Crippen LogP contribution in [0.2, 0.25) is 0 Å². The van der Waals surface area contributed by atoms with Gasteiger partial charge in [-0.2, -0.15) is 0 Å². The predicted molar refractivity (Wildman–Crippen MR) is 92.2 cm³/mol. The van der Waals surface area contributed by atoms with Crippen molar-refractivity contribution in [2.75, 3.05) is 7.11 Å². The van der Waals surface area contributed by atoms with Crippen LogP contribution >= 0.6 is 0 Å². The van der Waals surface area contributed by atoms with Crippen molar-refractivity contribution < 1.29 is 19.1 Å². The van der Waals surface area contributed by atoms with Crippen molar-refractivity contribution in [2.45, 2.75) is 84.0 Å². The Morgan fingerprint density at radius 2 is 1.26 bits per heavy atom. The van der Waals surface area contributed by atoms with Crippen LogP contribution in [0.15, 0.2) is 12.2 Å². The molecule has 0 amide bonds. The predicted octanol–water partition coefficient (Wildman–Crippen LogP) is 4.55. The summed E-state index contributed by atoms with van der Waals surface area (Å²) in [7, 11) is 1.40. The van der Waals surface area contributed by atoms with Crippen LogP contribution in [0.5, 0.6) is 0 Å². The molecule has 0 N–H and O–H groups in total. The maximum absolute atomic E-state index is 11.7. The van der Waals surface area contributed by atoms with E-state index in [2.05, 4.69) is 23.8 Å². The molecule has 0 fully saturated rings. The quantitative estimate of drug-likeness (QED) is 0.192. The summed E-state index contributed by atoms with van der Waals surface area (Å²) in [5, 5.41) is 0. The maximum Gasteiger partial charge on any atom is 0.305 e. The van der Waals surface area contributed by atoms with Crippen LogP contribution in [0.3, 0.4) is 0 Å². The molecule has 0 aromatic carbocycles. The molecule has 0 unspecified atom stereocenters. The lowest BCUT2D eigenvalue weighted by molar-refractivity contribution is -0.140. The number of carbonyl (C=O) groups is 3. The zero-order valence-electron chi connectivity index (χ0n) is 14.8. The minimum absolute atomic E-state index is 0.170. The van der Waals surface area contributed by atoms with Gasteiger partial charge in [-0.25, -0.2) is 0 Å². The highest BCUT2D eigenvalue weighted by Gasteiger charge is 2.12. The number of rotatable bonds is 15. The largest absolute Gasteiger partial charge is 0.469 e. The summed E-state index contributed by atoms with van der Waals surface area (Å²) in [6.45, 7) is 2.10. The van der Waals surface area contributed by atoms with Crippen LogP contribution in [0.25, 0.3) is 0 Å². The Kier molecular flexibility index (Phi) is 14.5. The fourth-order valence-corrected chi connectivity index (χ4v) is 2.30. The van der Waals surface area contributed by atoms with E-state index in [4.69, 9.17) is 0 Å². The average molecular weight is 324 g/mol. The van der Waals surface area contributed by atoms with E-state index in [0.717, 1.165) is 57.8 Å². The van der Waals surface area contributed by atoms with Crippen LogP contribution in [-0.4, -0.2) is 24.6 Å². The third-order valence-corrected chi connectivity index (χ3v) is 3.75. The van der Waals surface area contributed by atoms with Crippen molar-refractivity contribution in [2.24, 2.45) is 0 Å². The van der Waals surface area contributed by atoms with Crippen LogP contribution in [0.4, 0.5) is 0 Å². The molecular formula is C19H32O4. The van der Waals surface area contributed by atoms with Gasteiger partial charge in [-0.15, -0.1) is 0 Å². The van der Waals surface area contributed by atoms with Crippen LogP contribution < -0.4 is 0 Å². The van der Waals surface area contributed by atoms with Crippen molar-refractivity contribution in [3.8, 4) is 0 Å². The number of allylic oxidation sites excluding steroid dienone is 2. The summed E-state index contributed by atoms with van der Waals surface area (Å²) in [4.78, 5) is 34.3. The molecule has 0 spiro atoms. The van der Waals surface area contributed by atoms with Gasteiger partial charge in [0, 0.05) is 19.3 Å². The highest BCUT2D eigenvalue weighted by atomic mass is 16.5. The fourth-order valence-electron chi connectivity index (χ4n) is 2.30. The smallest absolute Gasteiger partial charge is 0.305 e. The van der Waals surface area contributed by atoms with Crippen LogP contribution in [0, 0.1) is 0 Å². The van der Waals surface area contributed by atoms with Gasteiger partial charge in [0.2, 0.25) is 0 Å². The van der Waals surface area contributed by atoms with Gasteiger partial charge in [0.25, 0.3) is 0 Å². The van der Waals surface area contributed by atoms with Gasteiger partial charge < -0.3 is 4.74 Å². The Hall–Kier alpha value is -1.45. The number of unbranched alkanes of at least 4 members (excludes halogenated alkanes) is 6.